The standard InChI is InChI=1S/C14H19N3O3/c15-14(19)20-12(10-11-4-2-1-3-5-11)13(18)17-8-6-16-7-9-17/h1-5,12,16H,6-10H2,(H2,15,19)/t12-/m0/s1. The molecule has 0 spiro atoms. The minimum absolute atomic E-state index is 0.186. The minimum Gasteiger partial charge on any atom is -0.436 e. The second-order valence-corrected chi connectivity index (χ2v) is 4.69. The molecule has 1 aliphatic rings. The highest BCUT2D eigenvalue weighted by molar-refractivity contribution is 5.83. The Kier molecular flexibility index (Phi) is 4.95. The van der Waals surface area contributed by atoms with Gasteiger partial charge in [0.15, 0.2) is 6.10 Å². The quantitative estimate of drug-likeness (QED) is 0.819. The summed E-state index contributed by atoms with van der Waals surface area (Å²) in [6, 6.07) is 9.44. The first kappa shape index (κ1) is 14.3. The Balaban J connectivity index is 2.05. The van der Waals surface area contributed by atoms with Crippen LogP contribution in [0.5, 0.6) is 0 Å². The van der Waals surface area contributed by atoms with Gasteiger partial charge in [-0.1, -0.05) is 30.3 Å². The molecule has 6 heteroatoms. The largest absolute Gasteiger partial charge is 0.436 e. The summed E-state index contributed by atoms with van der Waals surface area (Å²) in [5.41, 5.74) is 6.00. The number of rotatable bonds is 4. The maximum absolute atomic E-state index is 12.4. The number of carbonyl (C=O) groups is 2. The summed E-state index contributed by atoms with van der Waals surface area (Å²) < 4.78 is 5.00. The lowest BCUT2D eigenvalue weighted by molar-refractivity contribution is -0.140. The van der Waals surface area contributed by atoms with Crippen molar-refractivity contribution in [3.05, 3.63) is 35.9 Å². The topological polar surface area (TPSA) is 84.7 Å². The Morgan fingerprint density at radius 3 is 2.50 bits per heavy atom. The van der Waals surface area contributed by atoms with Gasteiger partial charge >= 0.3 is 6.09 Å². The molecular weight excluding hydrogens is 258 g/mol. The molecule has 0 aliphatic carbocycles. The number of primary amides is 1. The van der Waals surface area contributed by atoms with E-state index in [-0.39, 0.29) is 5.91 Å². The second kappa shape index (κ2) is 6.91. The van der Waals surface area contributed by atoms with Crippen molar-refractivity contribution in [2.24, 2.45) is 5.73 Å². The first-order valence-corrected chi connectivity index (χ1v) is 6.66. The van der Waals surface area contributed by atoms with Gasteiger partial charge in [-0.15, -0.1) is 0 Å². The zero-order valence-corrected chi connectivity index (χ0v) is 11.2. The van der Waals surface area contributed by atoms with Crippen LogP contribution in [0.1, 0.15) is 5.56 Å². The van der Waals surface area contributed by atoms with Crippen LogP contribution in [0.25, 0.3) is 0 Å². The number of nitrogens with one attached hydrogen (secondary N) is 1. The lowest BCUT2D eigenvalue weighted by Crippen LogP contribution is -2.51. The first-order chi connectivity index (χ1) is 9.66. The number of amides is 2. The van der Waals surface area contributed by atoms with E-state index >= 15 is 0 Å². The SMILES string of the molecule is NC(=O)O[C@@H](Cc1ccccc1)C(=O)N1CCNCC1. The van der Waals surface area contributed by atoms with Crippen LogP contribution in [0, 0.1) is 0 Å². The molecule has 2 rings (SSSR count). The Hall–Kier alpha value is -2.08. The molecule has 0 saturated carbocycles. The van der Waals surface area contributed by atoms with Crippen molar-refractivity contribution in [1.82, 2.24) is 10.2 Å². The van der Waals surface area contributed by atoms with Crippen molar-refractivity contribution in [1.29, 1.82) is 0 Å². The molecule has 2 amide bonds. The fraction of sp³-hybridized carbons (Fsp3) is 0.429. The van der Waals surface area contributed by atoms with Crippen molar-refractivity contribution >= 4 is 12.0 Å². The molecule has 3 N–H and O–H groups in total. The number of hydrogen-bond donors (Lipinski definition) is 2. The van der Waals surface area contributed by atoms with Crippen LogP contribution in [0.4, 0.5) is 4.79 Å². The van der Waals surface area contributed by atoms with Crippen LogP contribution < -0.4 is 11.1 Å². The van der Waals surface area contributed by atoms with Crippen molar-refractivity contribution in [3.8, 4) is 0 Å². The molecule has 1 atom stereocenters. The average Bonchev–Trinajstić information content (AvgIpc) is 2.47. The lowest BCUT2D eigenvalue weighted by Gasteiger charge is -2.30. The predicted molar refractivity (Wildman–Crippen MR) is 74.1 cm³/mol. The third-order valence-electron chi connectivity index (χ3n) is 3.23. The smallest absolute Gasteiger partial charge is 0.405 e. The van der Waals surface area contributed by atoms with Gasteiger partial charge in [0, 0.05) is 32.6 Å². The molecule has 6 nitrogen and oxygen atoms in total. The second-order valence-electron chi connectivity index (χ2n) is 4.69. The van der Waals surface area contributed by atoms with Crippen LogP contribution in [-0.2, 0) is 16.0 Å². The predicted octanol–water partition coefficient (Wildman–Crippen LogP) is 0.125. The lowest BCUT2D eigenvalue weighted by atomic mass is 10.1. The highest BCUT2D eigenvalue weighted by Gasteiger charge is 2.28. The van der Waals surface area contributed by atoms with Gasteiger partial charge in [0.25, 0.3) is 5.91 Å². The molecule has 108 valence electrons. The summed E-state index contributed by atoms with van der Waals surface area (Å²) in [6.07, 6.45) is -1.44. The highest BCUT2D eigenvalue weighted by atomic mass is 16.6. The average molecular weight is 277 g/mol. The number of carbonyl (C=O) groups excluding carboxylic acids is 2. The van der Waals surface area contributed by atoms with E-state index in [1.165, 1.54) is 0 Å². The van der Waals surface area contributed by atoms with E-state index in [2.05, 4.69) is 5.32 Å². The molecule has 0 aromatic heterocycles. The molecule has 1 heterocycles. The third-order valence-corrected chi connectivity index (χ3v) is 3.23. The van der Waals surface area contributed by atoms with Gasteiger partial charge in [0.2, 0.25) is 0 Å². The van der Waals surface area contributed by atoms with Crippen LogP contribution in [0.3, 0.4) is 0 Å². The fourth-order valence-electron chi connectivity index (χ4n) is 2.24. The van der Waals surface area contributed by atoms with Gasteiger partial charge < -0.3 is 20.7 Å². The molecular formula is C14H19N3O3. The van der Waals surface area contributed by atoms with Crippen LogP contribution >= 0.6 is 0 Å². The molecule has 1 fully saturated rings. The number of nitrogens with zero attached hydrogens (tertiary/aromatic N) is 1. The zero-order valence-electron chi connectivity index (χ0n) is 11.2. The maximum atomic E-state index is 12.4. The van der Waals surface area contributed by atoms with E-state index in [0.717, 1.165) is 18.7 Å². The molecule has 1 aromatic rings. The van der Waals surface area contributed by atoms with E-state index in [4.69, 9.17) is 10.5 Å². The summed E-state index contributed by atoms with van der Waals surface area (Å²) in [5, 5.41) is 3.17. The normalized spacial score (nSPS) is 16.5. The summed E-state index contributed by atoms with van der Waals surface area (Å²) in [6.45, 7) is 2.74. The number of ether oxygens (including phenoxy) is 1. The number of piperazine rings is 1. The number of hydrogen-bond acceptors (Lipinski definition) is 4. The van der Waals surface area contributed by atoms with Crippen molar-refractivity contribution in [2.75, 3.05) is 26.2 Å². The molecule has 0 unspecified atom stereocenters. The fourth-order valence-corrected chi connectivity index (χ4v) is 2.24. The Labute approximate surface area is 117 Å². The summed E-state index contributed by atoms with van der Waals surface area (Å²) in [7, 11) is 0. The van der Waals surface area contributed by atoms with E-state index in [9.17, 15) is 9.59 Å². The van der Waals surface area contributed by atoms with Crippen LogP contribution in [0.2, 0.25) is 0 Å². The van der Waals surface area contributed by atoms with Crippen LogP contribution in [0.15, 0.2) is 30.3 Å². The Bertz CT molecular complexity index is 458. The molecule has 20 heavy (non-hydrogen) atoms. The summed E-state index contributed by atoms with van der Waals surface area (Å²) >= 11 is 0. The molecule has 1 saturated heterocycles. The zero-order chi connectivity index (χ0) is 14.4. The molecule has 0 radical (unpaired) electrons. The first-order valence-electron chi connectivity index (χ1n) is 6.66. The van der Waals surface area contributed by atoms with Gasteiger partial charge in [0.1, 0.15) is 0 Å². The number of benzene rings is 1. The van der Waals surface area contributed by atoms with Gasteiger partial charge in [-0.2, -0.15) is 0 Å². The summed E-state index contributed by atoms with van der Waals surface area (Å²) in [5.74, 6) is -0.186. The van der Waals surface area contributed by atoms with Gasteiger partial charge in [-0.25, -0.2) is 4.79 Å². The Morgan fingerprint density at radius 2 is 1.90 bits per heavy atom. The third kappa shape index (κ3) is 3.96. The van der Waals surface area contributed by atoms with E-state index in [0.29, 0.717) is 19.5 Å². The highest BCUT2D eigenvalue weighted by Crippen LogP contribution is 2.10. The molecule has 1 aromatic carbocycles. The maximum Gasteiger partial charge on any atom is 0.405 e. The van der Waals surface area contributed by atoms with Gasteiger partial charge in [-0.05, 0) is 5.56 Å². The monoisotopic (exact) mass is 277 g/mol. The van der Waals surface area contributed by atoms with E-state index in [1.54, 1.807) is 4.90 Å². The summed E-state index contributed by atoms with van der Waals surface area (Å²) in [4.78, 5) is 25.1. The van der Waals surface area contributed by atoms with Crippen molar-refractivity contribution in [2.45, 2.75) is 12.5 Å². The Morgan fingerprint density at radius 1 is 1.25 bits per heavy atom. The minimum atomic E-state index is -0.922. The van der Waals surface area contributed by atoms with Gasteiger partial charge in [0.05, 0.1) is 0 Å². The number of nitrogens with two attached hydrogens (primary N) is 1. The van der Waals surface area contributed by atoms with E-state index < -0.39 is 12.2 Å². The van der Waals surface area contributed by atoms with Crippen LogP contribution in [-0.4, -0.2) is 49.2 Å². The van der Waals surface area contributed by atoms with Gasteiger partial charge in [-0.3, -0.25) is 4.79 Å². The molecule has 1 aliphatic heterocycles. The van der Waals surface area contributed by atoms with E-state index in [1.807, 2.05) is 30.3 Å². The van der Waals surface area contributed by atoms with Crippen molar-refractivity contribution < 1.29 is 14.3 Å². The van der Waals surface area contributed by atoms with Crippen molar-refractivity contribution in [3.63, 3.8) is 0 Å². The molecule has 0 bridgehead atoms.